The Kier molecular flexibility index (Phi) is 6.57. The van der Waals surface area contributed by atoms with E-state index >= 15 is 0 Å². The monoisotopic (exact) mass is 460 g/mol. The third kappa shape index (κ3) is 5.09. The molecule has 0 unspecified atom stereocenters. The number of nitrogens with one attached hydrogen (secondary N) is 1. The van der Waals surface area contributed by atoms with Crippen molar-refractivity contribution in [1.29, 1.82) is 5.41 Å². The smallest absolute Gasteiger partial charge is 0.243 e. The Morgan fingerprint density at radius 1 is 0.600 bits per heavy atom. The van der Waals surface area contributed by atoms with E-state index < -0.39 is 0 Å². The second-order valence-corrected chi connectivity index (χ2v) is 8.69. The highest BCUT2D eigenvalue weighted by atomic mass is 16.2. The molecule has 5 nitrogen and oxygen atoms in total. The number of para-hydroxylation sites is 2. The van der Waals surface area contributed by atoms with E-state index in [-0.39, 0.29) is 12.5 Å². The third-order valence-corrected chi connectivity index (χ3v) is 6.24. The minimum Gasteiger partial charge on any atom is -0.332 e. The predicted molar refractivity (Wildman–Crippen MR) is 138 cm³/mol. The van der Waals surface area contributed by atoms with Crippen molar-refractivity contribution >= 4 is 16.9 Å². The molecule has 0 radical (unpaired) electrons. The number of imidazole rings is 1. The topological polar surface area (TPSA) is 54.0 Å². The van der Waals surface area contributed by atoms with Crippen LogP contribution >= 0.6 is 0 Å². The van der Waals surface area contributed by atoms with E-state index in [4.69, 9.17) is 5.41 Å². The van der Waals surface area contributed by atoms with Crippen molar-refractivity contribution in [2.75, 3.05) is 0 Å². The number of rotatable bonds is 8. The molecule has 35 heavy (non-hydrogen) atoms. The minimum absolute atomic E-state index is 0.0150. The molecule has 0 aliphatic carbocycles. The molecule has 1 amide bonds. The average Bonchev–Trinajstić information content (AvgIpc) is 3.16. The highest BCUT2D eigenvalue weighted by Crippen LogP contribution is 2.16. The van der Waals surface area contributed by atoms with Crippen LogP contribution in [-0.2, 0) is 31.0 Å². The van der Waals surface area contributed by atoms with Gasteiger partial charge in [-0.1, -0.05) is 103 Å². The molecule has 1 heterocycles. The van der Waals surface area contributed by atoms with Crippen molar-refractivity contribution < 1.29 is 4.79 Å². The summed E-state index contributed by atoms with van der Waals surface area (Å²) >= 11 is 0. The van der Waals surface area contributed by atoms with Gasteiger partial charge in [-0.05, 0) is 28.8 Å². The van der Waals surface area contributed by atoms with E-state index in [9.17, 15) is 4.79 Å². The van der Waals surface area contributed by atoms with Gasteiger partial charge in [-0.25, -0.2) is 0 Å². The summed E-state index contributed by atoms with van der Waals surface area (Å²) in [6.07, 6.45) is 0. The van der Waals surface area contributed by atoms with Gasteiger partial charge in [0.15, 0.2) is 0 Å². The fourth-order valence-corrected chi connectivity index (χ4v) is 4.46. The molecule has 0 atom stereocenters. The molecule has 1 aromatic heterocycles. The highest BCUT2D eigenvalue weighted by molar-refractivity contribution is 5.81. The van der Waals surface area contributed by atoms with Gasteiger partial charge in [0.25, 0.3) is 0 Å². The van der Waals surface area contributed by atoms with E-state index in [0.29, 0.717) is 25.3 Å². The Labute approximate surface area is 205 Å². The zero-order valence-electron chi connectivity index (χ0n) is 19.5. The fourth-order valence-electron chi connectivity index (χ4n) is 4.46. The van der Waals surface area contributed by atoms with Crippen molar-refractivity contribution in [3.63, 3.8) is 0 Å². The van der Waals surface area contributed by atoms with Crippen molar-refractivity contribution in [3.05, 3.63) is 138 Å². The fraction of sp³-hybridized carbons (Fsp3) is 0.133. The molecule has 0 aliphatic rings. The van der Waals surface area contributed by atoms with Crippen LogP contribution < -0.4 is 5.62 Å². The summed E-state index contributed by atoms with van der Waals surface area (Å²) in [6.45, 7) is 1.73. The maximum absolute atomic E-state index is 13.7. The van der Waals surface area contributed by atoms with Gasteiger partial charge in [0, 0.05) is 13.1 Å². The Hall–Kier alpha value is -4.38. The lowest BCUT2D eigenvalue weighted by molar-refractivity contribution is -0.133. The van der Waals surface area contributed by atoms with Crippen molar-refractivity contribution in [2.24, 2.45) is 0 Å². The van der Waals surface area contributed by atoms with Crippen LogP contribution in [0.5, 0.6) is 0 Å². The quantitative estimate of drug-likeness (QED) is 0.340. The van der Waals surface area contributed by atoms with Gasteiger partial charge in [0.2, 0.25) is 11.5 Å². The Bertz CT molecular complexity index is 1430. The minimum atomic E-state index is -0.0150. The van der Waals surface area contributed by atoms with Gasteiger partial charge >= 0.3 is 0 Å². The maximum Gasteiger partial charge on any atom is 0.243 e. The average molecular weight is 461 g/mol. The predicted octanol–water partition coefficient (Wildman–Crippen LogP) is 5.20. The summed E-state index contributed by atoms with van der Waals surface area (Å²) in [7, 11) is 0. The van der Waals surface area contributed by atoms with Crippen molar-refractivity contribution in [1.82, 2.24) is 14.0 Å². The van der Waals surface area contributed by atoms with Crippen LogP contribution in [0.2, 0.25) is 0 Å². The molecule has 4 aromatic carbocycles. The van der Waals surface area contributed by atoms with Gasteiger partial charge in [0.05, 0.1) is 17.6 Å². The number of amides is 1. The summed E-state index contributed by atoms with van der Waals surface area (Å²) < 4.78 is 3.79. The largest absolute Gasteiger partial charge is 0.332 e. The number of aromatic nitrogens is 2. The molecule has 174 valence electrons. The third-order valence-electron chi connectivity index (χ3n) is 6.24. The van der Waals surface area contributed by atoms with Crippen LogP contribution in [0, 0.1) is 5.41 Å². The Morgan fingerprint density at radius 3 is 1.54 bits per heavy atom. The number of carbonyl (C=O) groups is 1. The van der Waals surface area contributed by atoms with Gasteiger partial charge < -0.3 is 14.0 Å². The number of hydrogen-bond donors (Lipinski definition) is 1. The number of hydrogen-bond acceptors (Lipinski definition) is 2. The van der Waals surface area contributed by atoms with E-state index in [0.717, 1.165) is 27.7 Å². The number of nitrogens with zero attached hydrogens (tertiary/aromatic N) is 3. The molecule has 1 N–H and O–H groups in total. The first-order valence-electron chi connectivity index (χ1n) is 11.8. The van der Waals surface area contributed by atoms with Crippen molar-refractivity contribution in [2.45, 2.75) is 26.2 Å². The highest BCUT2D eigenvalue weighted by Gasteiger charge is 2.19. The maximum atomic E-state index is 13.7. The molecular weight excluding hydrogens is 432 g/mol. The first kappa shape index (κ1) is 22.4. The van der Waals surface area contributed by atoms with Gasteiger partial charge in [-0.15, -0.1) is 0 Å². The number of fused-ring (bicyclic) bond motifs is 1. The van der Waals surface area contributed by atoms with Crippen LogP contribution in [0.3, 0.4) is 0 Å². The molecule has 5 heteroatoms. The molecule has 0 bridgehead atoms. The first-order chi connectivity index (χ1) is 17.2. The summed E-state index contributed by atoms with van der Waals surface area (Å²) in [5.41, 5.74) is 5.45. The van der Waals surface area contributed by atoms with Gasteiger partial charge in [0.1, 0.15) is 6.54 Å². The molecule has 5 aromatic rings. The lowest BCUT2D eigenvalue weighted by Gasteiger charge is -2.23. The van der Waals surface area contributed by atoms with Crippen molar-refractivity contribution in [3.8, 4) is 0 Å². The van der Waals surface area contributed by atoms with E-state index in [1.165, 1.54) is 0 Å². The van der Waals surface area contributed by atoms with Crippen LogP contribution in [0.4, 0.5) is 0 Å². The van der Waals surface area contributed by atoms with Crippen LogP contribution in [0.15, 0.2) is 115 Å². The van der Waals surface area contributed by atoms with Gasteiger partial charge in [-0.3, -0.25) is 10.2 Å². The second-order valence-electron chi connectivity index (χ2n) is 8.69. The van der Waals surface area contributed by atoms with Crippen LogP contribution in [0.1, 0.15) is 16.7 Å². The molecule has 0 saturated carbocycles. The van der Waals surface area contributed by atoms with Crippen LogP contribution in [-0.4, -0.2) is 19.9 Å². The van der Waals surface area contributed by atoms with E-state index in [1.54, 1.807) is 0 Å². The molecule has 5 rings (SSSR count). The Morgan fingerprint density at radius 2 is 1.03 bits per heavy atom. The van der Waals surface area contributed by atoms with E-state index in [2.05, 4.69) is 12.1 Å². The normalized spacial score (nSPS) is 11.0. The lowest BCUT2D eigenvalue weighted by atomic mass is 10.1. The SMILES string of the molecule is N=c1n(CC(=O)N(Cc2ccccc2)Cc2ccccc2)c2ccccc2n1Cc1ccccc1. The van der Waals surface area contributed by atoms with Gasteiger partial charge in [-0.2, -0.15) is 0 Å². The summed E-state index contributed by atoms with van der Waals surface area (Å²) in [4.78, 5) is 15.6. The first-order valence-corrected chi connectivity index (χ1v) is 11.8. The number of carbonyl (C=O) groups excluding carboxylic acids is 1. The lowest BCUT2D eigenvalue weighted by Crippen LogP contribution is -2.36. The zero-order chi connectivity index (χ0) is 24.0. The standard InChI is InChI=1S/C30H28N4O/c31-30-33(22-26-16-8-3-9-17-26)27-18-10-11-19-28(27)34(30)23-29(35)32(20-24-12-4-1-5-13-24)21-25-14-6-2-7-15-25/h1-19,31H,20-23H2. The summed E-state index contributed by atoms with van der Waals surface area (Å²) in [5.74, 6) is -0.0150. The molecular formula is C30H28N4O. The number of benzene rings is 4. The Balaban J connectivity index is 1.47. The second kappa shape index (κ2) is 10.3. The summed E-state index contributed by atoms with van der Waals surface area (Å²) in [6, 6.07) is 38.2. The zero-order valence-corrected chi connectivity index (χ0v) is 19.5. The summed E-state index contributed by atoms with van der Waals surface area (Å²) in [5, 5.41) is 8.96. The van der Waals surface area contributed by atoms with Crippen LogP contribution in [0.25, 0.3) is 11.0 Å². The molecule has 0 saturated heterocycles. The molecule has 0 fully saturated rings. The van der Waals surface area contributed by atoms with E-state index in [1.807, 2.05) is 117 Å². The molecule has 0 aliphatic heterocycles. The molecule has 0 spiro atoms.